The van der Waals surface area contributed by atoms with Crippen LogP contribution in [0.25, 0.3) is 10.9 Å². The summed E-state index contributed by atoms with van der Waals surface area (Å²) in [6, 6.07) is 7.32. The molecule has 0 aliphatic carbocycles. The molecule has 0 aliphatic heterocycles. The molecule has 0 bridgehead atoms. The maximum Gasteiger partial charge on any atom is 0.262 e. The molecule has 6 heteroatoms. The topological polar surface area (TPSA) is 64.0 Å². The molecule has 1 amide bonds. The summed E-state index contributed by atoms with van der Waals surface area (Å²) in [6.07, 6.45) is 2.52. The Morgan fingerprint density at radius 1 is 1.42 bits per heavy atom. The molecule has 0 atom stereocenters. The van der Waals surface area contributed by atoms with Crippen LogP contribution in [0.2, 0.25) is 0 Å². The highest BCUT2D eigenvalue weighted by Crippen LogP contribution is 2.18. The average molecular weight is 345 g/mol. The zero-order valence-electron chi connectivity index (χ0n) is 14.1. The van der Waals surface area contributed by atoms with E-state index in [1.807, 2.05) is 18.2 Å². The Kier molecular flexibility index (Phi) is 6.61. The third-order valence-electron chi connectivity index (χ3n) is 3.53. The number of para-hydroxylation sites is 1. The lowest BCUT2D eigenvalue weighted by Crippen LogP contribution is -2.27. The number of thioether (sulfide) groups is 1. The van der Waals surface area contributed by atoms with Crippen molar-refractivity contribution in [3.8, 4) is 0 Å². The van der Waals surface area contributed by atoms with Crippen molar-refractivity contribution in [2.24, 2.45) is 5.92 Å². The Bertz CT molecular complexity index is 783. The molecule has 0 fully saturated rings. The van der Waals surface area contributed by atoms with Crippen LogP contribution in [-0.4, -0.2) is 27.8 Å². The first-order valence-corrected chi connectivity index (χ1v) is 9.01. The van der Waals surface area contributed by atoms with E-state index in [-0.39, 0.29) is 17.2 Å². The number of nitrogens with zero attached hydrogens (tertiary/aromatic N) is 2. The lowest BCUT2D eigenvalue weighted by atomic mass is 10.1. The number of hydrogen-bond donors (Lipinski definition) is 1. The molecular weight excluding hydrogens is 322 g/mol. The summed E-state index contributed by atoms with van der Waals surface area (Å²) in [6.45, 7) is 8.85. The number of carbonyl (C=O) groups excluding carboxylic acids is 1. The van der Waals surface area contributed by atoms with Crippen molar-refractivity contribution in [3.63, 3.8) is 0 Å². The van der Waals surface area contributed by atoms with E-state index in [2.05, 4.69) is 30.7 Å². The normalized spacial score (nSPS) is 11.0. The highest BCUT2D eigenvalue weighted by Gasteiger charge is 2.13. The molecule has 24 heavy (non-hydrogen) atoms. The maximum atomic E-state index is 12.8. The Morgan fingerprint density at radius 2 is 2.17 bits per heavy atom. The SMILES string of the molecule is C=CCNC(=O)CSc1nc2ccccc2c(=O)n1CCC(C)C. The van der Waals surface area contributed by atoms with E-state index in [1.165, 1.54) is 11.8 Å². The molecule has 0 spiro atoms. The van der Waals surface area contributed by atoms with E-state index in [0.717, 1.165) is 6.42 Å². The van der Waals surface area contributed by atoms with Gasteiger partial charge in [0.05, 0.1) is 16.7 Å². The van der Waals surface area contributed by atoms with Gasteiger partial charge in [-0.1, -0.05) is 43.8 Å². The zero-order valence-corrected chi connectivity index (χ0v) is 14.9. The van der Waals surface area contributed by atoms with E-state index in [4.69, 9.17) is 0 Å². The molecule has 0 saturated carbocycles. The van der Waals surface area contributed by atoms with E-state index < -0.39 is 0 Å². The molecule has 0 saturated heterocycles. The van der Waals surface area contributed by atoms with Crippen molar-refractivity contribution in [1.82, 2.24) is 14.9 Å². The van der Waals surface area contributed by atoms with Crippen LogP contribution in [0.3, 0.4) is 0 Å². The van der Waals surface area contributed by atoms with Gasteiger partial charge in [0, 0.05) is 13.1 Å². The summed E-state index contributed by atoms with van der Waals surface area (Å²) in [4.78, 5) is 29.2. The fourth-order valence-corrected chi connectivity index (χ4v) is 3.06. The molecule has 1 aromatic carbocycles. The first-order chi connectivity index (χ1) is 11.5. The highest BCUT2D eigenvalue weighted by molar-refractivity contribution is 7.99. The van der Waals surface area contributed by atoms with Crippen LogP contribution in [0.1, 0.15) is 20.3 Å². The molecular formula is C18H23N3O2S. The number of amides is 1. The Labute approximate surface area is 146 Å². The number of nitrogens with one attached hydrogen (secondary N) is 1. The lowest BCUT2D eigenvalue weighted by molar-refractivity contribution is -0.118. The van der Waals surface area contributed by atoms with Crippen molar-refractivity contribution in [2.45, 2.75) is 32.0 Å². The first kappa shape index (κ1) is 18.3. The standard InChI is InChI=1S/C18H23N3O2S/c1-4-10-19-16(22)12-24-18-20-15-8-6-5-7-14(15)17(23)21(18)11-9-13(2)3/h4-8,13H,1,9-12H2,2-3H3,(H,19,22). The fourth-order valence-electron chi connectivity index (χ4n) is 2.21. The number of rotatable bonds is 8. The monoisotopic (exact) mass is 345 g/mol. The van der Waals surface area contributed by atoms with Crippen molar-refractivity contribution >= 4 is 28.6 Å². The van der Waals surface area contributed by atoms with Gasteiger partial charge in [-0.25, -0.2) is 4.98 Å². The summed E-state index contributed by atoms with van der Waals surface area (Å²) in [5.74, 6) is 0.607. The molecule has 0 aliphatic rings. The first-order valence-electron chi connectivity index (χ1n) is 8.03. The highest BCUT2D eigenvalue weighted by atomic mass is 32.2. The summed E-state index contributed by atoms with van der Waals surface area (Å²) in [7, 11) is 0. The van der Waals surface area contributed by atoms with Gasteiger partial charge in [-0.05, 0) is 24.5 Å². The van der Waals surface area contributed by atoms with Gasteiger partial charge < -0.3 is 5.32 Å². The summed E-state index contributed by atoms with van der Waals surface area (Å²) < 4.78 is 1.69. The quantitative estimate of drug-likeness (QED) is 0.454. The molecule has 0 radical (unpaired) electrons. The molecule has 128 valence electrons. The molecule has 2 aromatic rings. The minimum atomic E-state index is -0.0993. The Hall–Kier alpha value is -2.08. The number of fused-ring (bicyclic) bond motifs is 1. The van der Waals surface area contributed by atoms with Gasteiger partial charge in [-0.15, -0.1) is 6.58 Å². The minimum Gasteiger partial charge on any atom is -0.352 e. The average Bonchev–Trinajstić information content (AvgIpc) is 2.57. The second-order valence-electron chi connectivity index (χ2n) is 5.93. The van der Waals surface area contributed by atoms with Gasteiger partial charge in [0.15, 0.2) is 5.16 Å². The van der Waals surface area contributed by atoms with Crippen LogP contribution in [0.4, 0.5) is 0 Å². The second-order valence-corrected chi connectivity index (χ2v) is 6.87. The van der Waals surface area contributed by atoms with E-state index >= 15 is 0 Å². The van der Waals surface area contributed by atoms with Gasteiger partial charge >= 0.3 is 0 Å². The van der Waals surface area contributed by atoms with Crippen molar-refractivity contribution in [3.05, 3.63) is 47.3 Å². The van der Waals surface area contributed by atoms with Crippen LogP contribution in [0, 0.1) is 5.92 Å². The van der Waals surface area contributed by atoms with Crippen molar-refractivity contribution < 1.29 is 4.79 Å². The zero-order chi connectivity index (χ0) is 17.5. The van der Waals surface area contributed by atoms with Crippen LogP contribution in [0.5, 0.6) is 0 Å². The third kappa shape index (κ3) is 4.71. The summed E-state index contributed by atoms with van der Waals surface area (Å²) >= 11 is 1.29. The van der Waals surface area contributed by atoms with Gasteiger partial charge in [0.1, 0.15) is 0 Å². The molecule has 1 aromatic heterocycles. The van der Waals surface area contributed by atoms with E-state index in [9.17, 15) is 9.59 Å². The van der Waals surface area contributed by atoms with Crippen LogP contribution >= 0.6 is 11.8 Å². The molecule has 0 unspecified atom stereocenters. The molecule has 1 heterocycles. The predicted molar refractivity (Wildman–Crippen MR) is 99.4 cm³/mol. The van der Waals surface area contributed by atoms with Crippen LogP contribution in [-0.2, 0) is 11.3 Å². The van der Waals surface area contributed by atoms with Gasteiger partial charge in [-0.3, -0.25) is 14.2 Å². The fraction of sp³-hybridized carbons (Fsp3) is 0.389. The van der Waals surface area contributed by atoms with Crippen LogP contribution < -0.4 is 10.9 Å². The smallest absolute Gasteiger partial charge is 0.262 e. The van der Waals surface area contributed by atoms with Crippen molar-refractivity contribution in [1.29, 1.82) is 0 Å². The summed E-state index contributed by atoms with van der Waals surface area (Å²) in [5.41, 5.74) is 0.618. The van der Waals surface area contributed by atoms with Crippen LogP contribution in [0.15, 0.2) is 46.9 Å². The largest absolute Gasteiger partial charge is 0.352 e. The van der Waals surface area contributed by atoms with Gasteiger partial charge in [-0.2, -0.15) is 0 Å². The lowest BCUT2D eigenvalue weighted by Gasteiger charge is -2.14. The summed E-state index contributed by atoms with van der Waals surface area (Å²) in [5, 5.41) is 3.93. The number of benzene rings is 1. The van der Waals surface area contributed by atoms with E-state index in [1.54, 1.807) is 16.7 Å². The number of aromatic nitrogens is 2. The van der Waals surface area contributed by atoms with Gasteiger partial charge in [0.2, 0.25) is 5.91 Å². The van der Waals surface area contributed by atoms with E-state index in [0.29, 0.717) is 35.1 Å². The minimum absolute atomic E-state index is 0.0461. The van der Waals surface area contributed by atoms with Crippen molar-refractivity contribution in [2.75, 3.05) is 12.3 Å². The van der Waals surface area contributed by atoms with Gasteiger partial charge in [0.25, 0.3) is 5.56 Å². The Morgan fingerprint density at radius 3 is 2.88 bits per heavy atom. The Balaban J connectivity index is 2.31. The molecule has 2 rings (SSSR count). The molecule has 1 N–H and O–H groups in total. The molecule has 5 nitrogen and oxygen atoms in total. The predicted octanol–water partition coefficient (Wildman–Crippen LogP) is 2.84. The second kappa shape index (κ2) is 8.68. The maximum absolute atomic E-state index is 12.8. The number of carbonyl (C=O) groups is 1. The number of hydrogen-bond acceptors (Lipinski definition) is 4. The third-order valence-corrected chi connectivity index (χ3v) is 4.51.